The van der Waals surface area contributed by atoms with E-state index in [2.05, 4.69) is 21.8 Å². The molecule has 0 radical (unpaired) electrons. The van der Waals surface area contributed by atoms with E-state index in [1.54, 1.807) is 19.5 Å². The molecule has 0 saturated carbocycles. The molecule has 5 heteroatoms. The lowest BCUT2D eigenvalue weighted by Gasteiger charge is -2.43. The van der Waals surface area contributed by atoms with E-state index in [0.717, 1.165) is 31.9 Å². The maximum absolute atomic E-state index is 10.6. The molecular formula is C14H23N3O2. The summed E-state index contributed by atoms with van der Waals surface area (Å²) in [6, 6.07) is 1.83. The van der Waals surface area contributed by atoms with Gasteiger partial charge in [-0.15, -0.1) is 0 Å². The number of ether oxygens (including phenoxy) is 1. The third-order valence-corrected chi connectivity index (χ3v) is 4.03. The number of methoxy groups -OCH3 is 1. The van der Waals surface area contributed by atoms with Crippen LogP contribution in [0.5, 0.6) is 0 Å². The van der Waals surface area contributed by atoms with Crippen molar-refractivity contribution in [1.29, 1.82) is 0 Å². The summed E-state index contributed by atoms with van der Waals surface area (Å²) in [4.78, 5) is 10.8. The Kier molecular flexibility index (Phi) is 4.85. The second-order valence-corrected chi connectivity index (χ2v) is 5.40. The zero-order chi connectivity index (χ0) is 13.7. The van der Waals surface area contributed by atoms with Gasteiger partial charge in [-0.05, 0) is 24.8 Å². The second-order valence-electron chi connectivity index (χ2n) is 5.40. The zero-order valence-corrected chi connectivity index (χ0v) is 11.7. The second kappa shape index (κ2) is 6.41. The highest BCUT2D eigenvalue weighted by molar-refractivity contribution is 4.94. The van der Waals surface area contributed by atoms with Crippen molar-refractivity contribution in [3.05, 3.63) is 24.3 Å². The first kappa shape index (κ1) is 14.4. The molecule has 5 nitrogen and oxygen atoms in total. The van der Waals surface area contributed by atoms with Crippen molar-refractivity contribution in [1.82, 2.24) is 14.9 Å². The first-order valence-electron chi connectivity index (χ1n) is 6.83. The van der Waals surface area contributed by atoms with Crippen LogP contribution in [0.2, 0.25) is 0 Å². The third kappa shape index (κ3) is 3.72. The van der Waals surface area contributed by atoms with Crippen LogP contribution >= 0.6 is 0 Å². The van der Waals surface area contributed by atoms with Gasteiger partial charge in [-0.2, -0.15) is 0 Å². The molecule has 0 bridgehead atoms. The number of rotatable bonds is 5. The van der Waals surface area contributed by atoms with Crippen molar-refractivity contribution >= 4 is 0 Å². The fraction of sp³-hybridized carbons (Fsp3) is 0.714. The van der Waals surface area contributed by atoms with E-state index in [1.165, 1.54) is 0 Å². The minimum absolute atomic E-state index is 0.236. The Morgan fingerprint density at radius 2 is 2.21 bits per heavy atom. The smallest absolute Gasteiger partial charge is 0.142 e. The minimum atomic E-state index is -0.593. The van der Waals surface area contributed by atoms with E-state index in [-0.39, 0.29) is 5.92 Å². The first-order chi connectivity index (χ1) is 9.14. The Morgan fingerprint density at radius 1 is 1.47 bits per heavy atom. The van der Waals surface area contributed by atoms with Gasteiger partial charge < -0.3 is 9.84 Å². The highest BCUT2D eigenvalue weighted by atomic mass is 16.5. The van der Waals surface area contributed by atoms with E-state index in [4.69, 9.17) is 4.74 Å². The normalized spacial score (nSPS) is 28.5. The lowest BCUT2D eigenvalue weighted by atomic mass is 9.80. The Hall–Kier alpha value is -1.04. The van der Waals surface area contributed by atoms with E-state index in [9.17, 15) is 5.11 Å². The molecule has 1 fully saturated rings. The Labute approximate surface area is 114 Å². The molecule has 2 rings (SSSR count). The molecule has 0 aliphatic carbocycles. The van der Waals surface area contributed by atoms with Crippen LogP contribution in [0.15, 0.2) is 18.5 Å². The van der Waals surface area contributed by atoms with Crippen LogP contribution in [0.3, 0.4) is 0 Å². The summed E-state index contributed by atoms with van der Waals surface area (Å²) < 4.78 is 5.09. The number of piperidine rings is 1. The van der Waals surface area contributed by atoms with Gasteiger partial charge in [0.05, 0.1) is 12.1 Å². The van der Waals surface area contributed by atoms with E-state index >= 15 is 0 Å². The van der Waals surface area contributed by atoms with Gasteiger partial charge >= 0.3 is 0 Å². The van der Waals surface area contributed by atoms with Gasteiger partial charge in [-0.3, -0.25) is 4.90 Å². The van der Waals surface area contributed by atoms with Crippen molar-refractivity contribution < 1.29 is 9.84 Å². The van der Waals surface area contributed by atoms with Crippen LogP contribution in [0, 0.1) is 5.92 Å². The van der Waals surface area contributed by atoms with Crippen molar-refractivity contribution in [3.8, 4) is 0 Å². The SMILES string of the molecule is COCC[C@]1(O)CCN(Cc2ncccn2)C[C@H]1C. The predicted octanol–water partition coefficient (Wildman–Crippen LogP) is 1.09. The van der Waals surface area contributed by atoms with Crippen LogP contribution in [-0.4, -0.2) is 52.4 Å². The fourth-order valence-electron chi connectivity index (χ4n) is 2.65. The van der Waals surface area contributed by atoms with Crippen molar-refractivity contribution in [2.24, 2.45) is 5.92 Å². The molecule has 1 aromatic rings. The summed E-state index contributed by atoms with van der Waals surface area (Å²) >= 11 is 0. The molecule has 0 unspecified atom stereocenters. The Morgan fingerprint density at radius 3 is 2.84 bits per heavy atom. The summed E-state index contributed by atoms with van der Waals surface area (Å²) in [5.41, 5.74) is -0.593. The van der Waals surface area contributed by atoms with Gasteiger partial charge in [-0.1, -0.05) is 6.92 Å². The average molecular weight is 265 g/mol. The van der Waals surface area contributed by atoms with E-state index in [1.807, 2.05) is 6.07 Å². The van der Waals surface area contributed by atoms with Gasteiger partial charge in [0.2, 0.25) is 0 Å². The first-order valence-corrected chi connectivity index (χ1v) is 6.83. The topological polar surface area (TPSA) is 58.5 Å². The van der Waals surface area contributed by atoms with Gasteiger partial charge in [-0.25, -0.2) is 9.97 Å². The molecule has 2 heterocycles. The van der Waals surface area contributed by atoms with Gasteiger partial charge in [0.1, 0.15) is 5.82 Å². The van der Waals surface area contributed by atoms with Crippen LogP contribution in [0.1, 0.15) is 25.6 Å². The number of hydrogen-bond donors (Lipinski definition) is 1. The fourth-order valence-corrected chi connectivity index (χ4v) is 2.65. The molecular weight excluding hydrogens is 242 g/mol. The van der Waals surface area contributed by atoms with Crippen LogP contribution < -0.4 is 0 Å². The number of nitrogens with zero attached hydrogens (tertiary/aromatic N) is 3. The molecule has 2 atom stereocenters. The van der Waals surface area contributed by atoms with Crippen molar-refractivity contribution in [2.75, 3.05) is 26.8 Å². The quantitative estimate of drug-likeness (QED) is 0.863. The number of hydrogen-bond acceptors (Lipinski definition) is 5. The molecule has 1 aliphatic heterocycles. The van der Waals surface area contributed by atoms with Gasteiger partial charge in [0, 0.05) is 39.2 Å². The third-order valence-electron chi connectivity index (χ3n) is 4.03. The molecule has 1 saturated heterocycles. The lowest BCUT2D eigenvalue weighted by Crippen LogP contribution is -2.51. The highest BCUT2D eigenvalue weighted by Gasteiger charge is 2.38. The van der Waals surface area contributed by atoms with Crippen LogP contribution in [0.25, 0.3) is 0 Å². The number of aliphatic hydroxyl groups is 1. The Balaban J connectivity index is 1.89. The summed E-state index contributed by atoms with van der Waals surface area (Å²) in [6.45, 7) is 5.23. The Bertz CT molecular complexity index is 388. The van der Waals surface area contributed by atoms with Gasteiger partial charge in [0.15, 0.2) is 0 Å². The monoisotopic (exact) mass is 265 g/mol. The average Bonchev–Trinajstić information content (AvgIpc) is 2.42. The maximum Gasteiger partial charge on any atom is 0.142 e. The minimum Gasteiger partial charge on any atom is -0.389 e. The van der Waals surface area contributed by atoms with E-state index in [0.29, 0.717) is 13.0 Å². The number of aromatic nitrogens is 2. The molecule has 1 aliphatic rings. The highest BCUT2D eigenvalue weighted by Crippen LogP contribution is 2.31. The summed E-state index contributed by atoms with van der Waals surface area (Å²) in [7, 11) is 1.68. The molecule has 0 aromatic carbocycles. The molecule has 106 valence electrons. The summed E-state index contributed by atoms with van der Waals surface area (Å²) in [5, 5.41) is 10.6. The van der Waals surface area contributed by atoms with Crippen molar-refractivity contribution in [3.63, 3.8) is 0 Å². The summed E-state index contributed by atoms with van der Waals surface area (Å²) in [5.74, 6) is 1.08. The number of likely N-dealkylation sites (tertiary alicyclic amines) is 1. The standard InChI is InChI=1S/C14H23N3O2/c1-12-10-17(11-13-15-6-3-7-16-13)8-4-14(12,18)5-9-19-2/h3,6-7,12,18H,4-5,8-11H2,1-2H3/t12-,14-/m1/s1. The predicted molar refractivity (Wildman–Crippen MR) is 72.5 cm³/mol. The lowest BCUT2D eigenvalue weighted by molar-refractivity contribution is -0.0830. The van der Waals surface area contributed by atoms with Gasteiger partial charge in [0.25, 0.3) is 0 Å². The molecule has 0 amide bonds. The van der Waals surface area contributed by atoms with Crippen LogP contribution in [0.4, 0.5) is 0 Å². The maximum atomic E-state index is 10.6. The zero-order valence-electron chi connectivity index (χ0n) is 11.7. The molecule has 1 N–H and O–H groups in total. The molecule has 0 spiro atoms. The molecule has 19 heavy (non-hydrogen) atoms. The van der Waals surface area contributed by atoms with Crippen LogP contribution in [-0.2, 0) is 11.3 Å². The molecule has 1 aromatic heterocycles. The van der Waals surface area contributed by atoms with E-state index < -0.39 is 5.60 Å². The van der Waals surface area contributed by atoms with Crippen molar-refractivity contribution in [2.45, 2.75) is 31.9 Å². The summed E-state index contributed by atoms with van der Waals surface area (Å²) in [6.07, 6.45) is 5.03. The largest absolute Gasteiger partial charge is 0.389 e.